The summed E-state index contributed by atoms with van der Waals surface area (Å²) in [6.45, 7) is 7.03. The van der Waals surface area contributed by atoms with Gasteiger partial charge in [0.25, 0.3) is 5.78 Å². The van der Waals surface area contributed by atoms with E-state index in [1.54, 1.807) is 20.8 Å². The van der Waals surface area contributed by atoms with E-state index in [9.17, 15) is 14.4 Å². The lowest BCUT2D eigenvalue weighted by atomic mass is 9.96. The largest absolute Gasteiger partial charge is 0.475 e. The average molecular weight is 258 g/mol. The van der Waals surface area contributed by atoms with E-state index in [0.717, 1.165) is 12.8 Å². The number of hydrogen-bond donors (Lipinski definition) is 1. The number of rotatable bonds is 7. The Morgan fingerprint density at radius 2 is 1.72 bits per heavy atom. The van der Waals surface area contributed by atoms with Gasteiger partial charge in [0, 0.05) is 0 Å². The molecule has 0 heterocycles. The second-order valence-corrected chi connectivity index (χ2v) is 5.25. The average Bonchev–Trinajstić information content (AvgIpc) is 2.20. The molecule has 0 aliphatic rings. The van der Waals surface area contributed by atoms with Crippen LogP contribution in [0, 0.1) is 5.92 Å². The van der Waals surface area contributed by atoms with Gasteiger partial charge in [-0.2, -0.15) is 0 Å². The minimum absolute atomic E-state index is 0.230. The third-order valence-electron chi connectivity index (χ3n) is 2.31. The van der Waals surface area contributed by atoms with Gasteiger partial charge in [-0.05, 0) is 27.2 Å². The van der Waals surface area contributed by atoms with Gasteiger partial charge < -0.3 is 9.84 Å². The molecule has 1 unspecified atom stereocenters. The van der Waals surface area contributed by atoms with Crippen molar-refractivity contribution in [1.82, 2.24) is 0 Å². The number of ketones is 1. The van der Waals surface area contributed by atoms with Crippen LogP contribution in [0.1, 0.15) is 53.4 Å². The summed E-state index contributed by atoms with van der Waals surface area (Å²) in [6.07, 6.45) is 2.65. The molecule has 1 atom stereocenters. The standard InChI is InChI=1S/C13H22O5/c1-5-6-7-8-9(10(14)11(15)16)12(17)18-13(2,3)4/h9H,5-8H2,1-4H3,(H,15,16). The Kier molecular flexibility index (Phi) is 6.58. The van der Waals surface area contributed by atoms with Crippen LogP contribution in [-0.2, 0) is 19.1 Å². The fourth-order valence-electron chi connectivity index (χ4n) is 1.48. The molecule has 0 aromatic heterocycles. The zero-order chi connectivity index (χ0) is 14.3. The molecule has 0 bridgehead atoms. The molecule has 0 saturated carbocycles. The van der Waals surface area contributed by atoms with Crippen LogP contribution in [0.3, 0.4) is 0 Å². The summed E-state index contributed by atoms with van der Waals surface area (Å²) in [6, 6.07) is 0. The van der Waals surface area contributed by atoms with E-state index in [1.165, 1.54) is 0 Å². The first-order valence-corrected chi connectivity index (χ1v) is 6.19. The first kappa shape index (κ1) is 16.6. The lowest BCUT2D eigenvalue weighted by Crippen LogP contribution is -2.35. The van der Waals surface area contributed by atoms with Crippen LogP contribution in [0.15, 0.2) is 0 Å². The molecular formula is C13H22O5. The highest BCUT2D eigenvalue weighted by atomic mass is 16.6. The van der Waals surface area contributed by atoms with E-state index in [-0.39, 0.29) is 6.42 Å². The fourth-order valence-corrected chi connectivity index (χ4v) is 1.48. The van der Waals surface area contributed by atoms with E-state index in [0.29, 0.717) is 6.42 Å². The van der Waals surface area contributed by atoms with Gasteiger partial charge in [0.15, 0.2) is 0 Å². The summed E-state index contributed by atoms with van der Waals surface area (Å²) in [4.78, 5) is 33.9. The molecule has 0 aromatic rings. The summed E-state index contributed by atoms with van der Waals surface area (Å²) in [7, 11) is 0. The molecule has 0 aromatic carbocycles. The Morgan fingerprint density at radius 1 is 1.17 bits per heavy atom. The molecule has 0 radical (unpaired) electrons. The van der Waals surface area contributed by atoms with Crippen LogP contribution in [0.5, 0.6) is 0 Å². The van der Waals surface area contributed by atoms with E-state index < -0.39 is 29.2 Å². The molecule has 18 heavy (non-hydrogen) atoms. The number of Topliss-reactive ketones (excluding diaryl/α,β-unsaturated/α-hetero) is 1. The van der Waals surface area contributed by atoms with Crippen molar-refractivity contribution >= 4 is 17.7 Å². The first-order valence-electron chi connectivity index (χ1n) is 6.19. The maximum atomic E-state index is 11.8. The molecule has 0 aliphatic heterocycles. The molecule has 0 spiro atoms. The minimum atomic E-state index is -1.58. The second-order valence-electron chi connectivity index (χ2n) is 5.25. The van der Waals surface area contributed by atoms with E-state index >= 15 is 0 Å². The molecule has 0 saturated heterocycles. The number of carbonyl (C=O) groups excluding carboxylic acids is 2. The number of hydrogen-bond acceptors (Lipinski definition) is 4. The lowest BCUT2D eigenvalue weighted by molar-refractivity contribution is -0.166. The van der Waals surface area contributed by atoms with Crippen molar-refractivity contribution in [1.29, 1.82) is 0 Å². The third kappa shape index (κ3) is 6.37. The summed E-state index contributed by atoms with van der Waals surface area (Å²) in [5.41, 5.74) is -0.723. The quantitative estimate of drug-likeness (QED) is 0.327. The van der Waals surface area contributed by atoms with Gasteiger partial charge in [-0.3, -0.25) is 9.59 Å². The molecule has 5 heteroatoms. The maximum absolute atomic E-state index is 11.8. The second kappa shape index (κ2) is 7.13. The number of esters is 1. The number of carboxylic acid groups (broad SMARTS) is 1. The number of unbranched alkanes of at least 4 members (excludes halogenated alkanes) is 2. The van der Waals surface area contributed by atoms with Gasteiger partial charge in [0.2, 0.25) is 0 Å². The Hall–Kier alpha value is -1.39. The van der Waals surface area contributed by atoms with Crippen molar-refractivity contribution in [2.75, 3.05) is 0 Å². The molecular weight excluding hydrogens is 236 g/mol. The summed E-state index contributed by atoms with van der Waals surface area (Å²) >= 11 is 0. The van der Waals surface area contributed by atoms with Gasteiger partial charge >= 0.3 is 11.9 Å². The van der Waals surface area contributed by atoms with Crippen molar-refractivity contribution in [2.24, 2.45) is 5.92 Å². The van der Waals surface area contributed by atoms with E-state index in [4.69, 9.17) is 9.84 Å². The summed E-state index contributed by atoms with van der Waals surface area (Å²) in [5, 5.41) is 8.70. The summed E-state index contributed by atoms with van der Waals surface area (Å²) in [5.74, 6) is -4.60. The molecule has 0 fully saturated rings. The highest BCUT2D eigenvalue weighted by Crippen LogP contribution is 2.17. The third-order valence-corrected chi connectivity index (χ3v) is 2.31. The predicted molar refractivity (Wildman–Crippen MR) is 66.1 cm³/mol. The van der Waals surface area contributed by atoms with Crippen molar-refractivity contribution in [3.63, 3.8) is 0 Å². The molecule has 0 aliphatic carbocycles. The van der Waals surface area contributed by atoms with Crippen LogP contribution in [0.2, 0.25) is 0 Å². The zero-order valence-electron chi connectivity index (χ0n) is 11.5. The van der Waals surface area contributed by atoms with Crippen molar-refractivity contribution in [3.8, 4) is 0 Å². The van der Waals surface area contributed by atoms with Gasteiger partial charge in [0.1, 0.15) is 11.5 Å². The Labute approximate surface area is 108 Å². The number of carbonyl (C=O) groups is 3. The van der Waals surface area contributed by atoms with E-state index in [1.807, 2.05) is 6.92 Å². The lowest BCUT2D eigenvalue weighted by Gasteiger charge is -2.22. The molecule has 5 nitrogen and oxygen atoms in total. The zero-order valence-corrected chi connectivity index (χ0v) is 11.5. The molecule has 104 valence electrons. The van der Waals surface area contributed by atoms with Crippen molar-refractivity contribution in [2.45, 2.75) is 59.0 Å². The first-order chi connectivity index (χ1) is 8.19. The number of aliphatic carboxylic acids is 1. The molecule has 0 amide bonds. The van der Waals surface area contributed by atoms with Gasteiger partial charge in [-0.25, -0.2) is 4.79 Å². The SMILES string of the molecule is CCCCCC(C(=O)OC(C)(C)C)C(=O)C(=O)O. The highest BCUT2D eigenvalue weighted by Gasteiger charge is 2.34. The van der Waals surface area contributed by atoms with Crippen LogP contribution < -0.4 is 0 Å². The fraction of sp³-hybridized carbons (Fsp3) is 0.769. The molecule has 0 rings (SSSR count). The predicted octanol–water partition coefficient (Wildman–Crippen LogP) is 2.18. The Morgan fingerprint density at radius 3 is 2.11 bits per heavy atom. The normalized spacial score (nSPS) is 12.9. The van der Waals surface area contributed by atoms with Crippen LogP contribution in [0.25, 0.3) is 0 Å². The Balaban J connectivity index is 4.70. The number of ether oxygens (including phenoxy) is 1. The molecule has 1 N–H and O–H groups in total. The van der Waals surface area contributed by atoms with Crippen LogP contribution in [-0.4, -0.2) is 28.4 Å². The minimum Gasteiger partial charge on any atom is -0.475 e. The van der Waals surface area contributed by atoms with Gasteiger partial charge in [-0.1, -0.05) is 26.2 Å². The summed E-state index contributed by atoms with van der Waals surface area (Å²) < 4.78 is 5.08. The van der Waals surface area contributed by atoms with Crippen LogP contribution >= 0.6 is 0 Å². The maximum Gasteiger partial charge on any atom is 0.373 e. The van der Waals surface area contributed by atoms with Gasteiger partial charge in [0.05, 0.1) is 0 Å². The monoisotopic (exact) mass is 258 g/mol. The highest BCUT2D eigenvalue weighted by molar-refractivity contribution is 6.37. The van der Waals surface area contributed by atoms with Crippen molar-refractivity contribution in [3.05, 3.63) is 0 Å². The van der Waals surface area contributed by atoms with E-state index in [2.05, 4.69) is 0 Å². The van der Waals surface area contributed by atoms with Crippen molar-refractivity contribution < 1.29 is 24.2 Å². The topological polar surface area (TPSA) is 80.7 Å². The van der Waals surface area contributed by atoms with Gasteiger partial charge in [-0.15, -0.1) is 0 Å². The van der Waals surface area contributed by atoms with Crippen LogP contribution in [0.4, 0.5) is 0 Å². The smallest absolute Gasteiger partial charge is 0.373 e. The number of carboxylic acids is 1. The Bertz CT molecular complexity index is 314.